The highest BCUT2D eigenvalue weighted by Gasteiger charge is 2.05. The standard InChI is InChI=1S/C11H12N2/c1-2-10(12)8-4-3-5-11-9(8)6-7-13-11/h2-7,10,13H,1,12H2. The van der Waals surface area contributed by atoms with Gasteiger partial charge in [-0.1, -0.05) is 18.2 Å². The van der Waals surface area contributed by atoms with Crippen LogP contribution in [0.1, 0.15) is 11.6 Å². The van der Waals surface area contributed by atoms with Crippen LogP contribution in [0.25, 0.3) is 10.9 Å². The Morgan fingerprint density at radius 1 is 1.38 bits per heavy atom. The Hall–Kier alpha value is -1.54. The van der Waals surface area contributed by atoms with Gasteiger partial charge in [0.05, 0.1) is 0 Å². The maximum atomic E-state index is 5.89. The molecule has 1 aromatic heterocycles. The monoisotopic (exact) mass is 172 g/mol. The summed E-state index contributed by atoms with van der Waals surface area (Å²) in [6.45, 7) is 3.69. The van der Waals surface area contributed by atoms with Crippen LogP contribution < -0.4 is 5.73 Å². The molecule has 0 saturated carbocycles. The Kier molecular flexibility index (Phi) is 1.91. The van der Waals surface area contributed by atoms with Crippen molar-refractivity contribution in [3.8, 4) is 0 Å². The second kappa shape index (κ2) is 3.07. The van der Waals surface area contributed by atoms with Gasteiger partial charge in [-0.2, -0.15) is 0 Å². The number of rotatable bonds is 2. The van der Waals surface area contributed by atoms with Crippen LogP contribution in [0.4, 0.5) is 0 Å². The molecule has 2 heteroatoms. The second-order valence-corrected chi connectivity index (χ2v) is 3.05. The SMILES string of the molecule is C=CC(N)c1cccc2[nH]ccc12. The summed E-state index contributed by atoms with van der Waals surface area (Å²) in [5.41, 5.74) is 8.13. The molecule has 2 aromatic rings. The Bertz CT molecular complexity index is 428. The molecule has 1 aromatic carbocycles. The van der Waals surface area contributed by atoms with Gasteiger partial charge in [-0.25, -0.2) is 0 Å². The number of aromatic nitrogens is 1. The molecule has 0 bridgehead atoms. The van der Waals surface area contributed by atoms with Crippen LogP contribution in [0.15, 0.2) is 43.1 Å². The summed E-state index contributed by atoms with van der Waals surface area (Å²) in [6.07, 6.45) is 3.67. The average molecular weight is 172 g/mol. The fraction of sp³-hybridized carbons (Fsp3) is 0.0909. The third-order valence-electron chi connectivity index (χ3n) is 2.24. The molecule has 2 nitrogen and oxygen atoms in total. The zero-order valence-electron chi connectivity index (χ0n) is 7.33. The highest BCUT2D eigenvalue weighted by Crippen LogP contribution is 2.22. The van der Waals surface area contributed by atoms with Crippen molar-refractivity contribution in [2.24, 2.45) is 5.73 Å². The second-order valence-electron chi connectivity index (χ2n) is 3.05. The van der Waals surface area contributed by atoms with Gasteiger partial charge in [-0.05, 0) is 17.7 Å². The summed E-state index contributed by atoms with van der Waals surface area (Å²) < 4.78 is 0. The van der Waals surface area contributed by atoms with E-state index in [-0.39, 0.29) is 6.04 Å². The molecule has 0 radical (unpaired) electrons. The van der Waals surface area contributed by atoms with E-state index in [1.807, 2.05) is 30.5 Å². The van der Waals surface area contributed by atoms with E-state index in [1.54, 1.807) is 6.08 Å². The lowest BCUT2D eigenvalue weighted by atomic mass is 10.0. The fourth-order valence-corrected chi connectivity index (χ4v) is 1.53. The summed E-state index contributed by atoms with van der Waals surface area (Å²) >= 11 is 0. The van der Waals surface area contributed by atoms with E-state index < -0.39 is 0 Å². The minimum absolute atomic E-state index is 0.0838. The van der Waals surface area contributed by atoms with Crippen molar-refractivity contribution in [2.75, 3.05) is 0 Å². The summed E-state index contributed by atoms with van der Waals surface area (Å²) in [7, 11) is 0. The number of aromatic amines is 1. The van der Waals surface area contributed by atoms with Crippen LogP contribution in [0, 0.1) is 0 Å². The average Bonchev–Trinajstić information content (AvgIpc) is 2.63. The summed E-state index contributed by atoms with van der Waals surface area (Å²) in [6, 6.07) is 8.02. The van der Waals surface area contributed by atoms with E-state index in [0.29, 0.717) is 0 Å². The van der Waals surface area contributed by atoms with Crippen molar-refractivity contribution in [3.05, 3.63) is 48.7 Å². The van der Waals surface area contributed by atoms with E-state index >= 15 is 0 Å². The summed E-state index contributed by atoms with van der Waals surface area (Å²) in [5, 5.41) is 1.18. The molecule has 0 amide bonds. The first-order valence-corrected chi connectivity index (χ1v) is 4.27. The number of benzene rings is 1. The molecule has 0 aliphatic rings. The van der Waals surface area contributed by atoms with E-state index in [4.69, 9.17) is 5.73 Å². The predicted octanol–water partition coefficient (Wildman–Crippen LogP) is 2.35. The molecular weight excluding hydrogens is 160 g/mol. The van der Waals surface area contributed by atoms with Crippen LogP contribution in [-0.4, -0.2) is 4.98 Å². The maximum absolute atomic E-state index is 5.89. The maximum Gasteiger partial charge on any atom is 0.0485 e. The summed E-state index contributed by atoms with van der Waals surface area (Å²) in [4.78, 5) is 3.15. The molecule has 1 heterocycles. The van der Waals surface area contributed by atoms with E-state index in [1.165, 1.54) is 5.39 Å². The van der Waals surface area contributed by atoms with Crippen LogP contribution in [0.2, 0.25) is 0 Å². The van der Waals surface area contributed by atoms with E-state index in [2.05, 4.69) is 11.6 Å². The van der Waals surface area contributed by atoms with Gasteiger partial charge >= 0.3 is 0 Å². The van der Waals surface area contributed by atoms with Crippen LogP contribution >= 0.6 is 0 Å². The van der Waals surface area contributed by atoms with E-state index in [0.717, 1.165) is 11.1 Å². The van der Waals surface area contributed by atoms with Crippen molar-refractivity contribution in [1.29, 1.82) is 0 Å². The number of hydrogen-bond acceptors (Lipinski definition) is 1. The molecule has 0 spiro atoms. The fourth-order valence-electron chi connectivity index (χ4n) is 1.53. The Labute approximate surface area is 77.1 Å². The third kappa shape index (κ3) is 1.25. The Balaban J connectivity index is 2.67. The number of nitrogens with two attached hydrogens (primary N) is 1. The van der Waals surface area contributed by atoms with Gasteiger partial charge in [0.25, 0.3) is 0 Å². The zero-order valence-corrected chi connectivity index (χ0v) is 7.33. The molecule has 0 aliphatic carbocycles. The predicted molar refractivity (Wildman–Crippen MR) is 55.4 cm³/mol. The third-order valence-corrected chi connectivity index (χ3v) is 2.24. The van der Waals surface area contributed by atoms with Crippen LogP contribution in [0.5, 0.6) is 0 Å². The highest BCUT2D eigenvalue weighted by molar-refractivity contribution is 5.83. The molecule has 0 fully saturated rings. The molecule has 1 unspecified atom stereocenters. The molecule has 3 N–H and O–H groups in total. The number of hydrogen-bond donors (Lipinski definition) is 2. The van der Waals surface area contributed by atoms with Gasteiger partial charge in [-0.15, -0.1) is 6.58 Å². The van der Waals surface area contributed by atoms with Crippen LogP contribution in [-0.2, 0) is 0 Å². The van der Waals surface area contributed by atoms with Gasteiger partial charge in [0.2, 0.25) is 0 Å². The van der Waals surface area contributed by atoms with Gasteiger partial charge in [0.15, 0.2) is 0 Å². The first-order chi connectivity index (χ1) is 6.33. The van der Waals surface area contributed by atoms with Crippen molar-refractivity contribution in [2.45, 2.75) is 6.04 Å². The zero-order chi connectivity index (χ0) is 9.26. The molecule has 13 heavy (non-hydrogen) atoms. The minimum Gasteiger partial charge on any atom is -0.361 e. The van der Waals surface area contributed by atoms with Crippen molar-refractivity contribution in [1.82, 2.24) is 4.98 Å². The van der Waals surface area contributed by atoms with Crippen LogP contribution in [0.3, 0.4) is 0 Å². The minimum atomic E-state index is -0.0838. The topological polar surface area (TPSA) is 41.8 Å². The molecule has 0 aliphatic heterocycles. The lowest BCUT2D eigenvalue weighted by Gasteiger charge is -2.07. The number of nitrogens with one attached hydrogen (secondary N) is 1. The lowest BCUT2D eigenvalue weighted by Crippen LogP contribution is -2.06. The van der Waals surface area contributed by atoms with Gasteiger partial charge in [-0.3, -0.25) is 0 Å². The quantitative estimate of drug-likeness (QED) is 0.671. The van der Waals surface area contributed by atoms with Gasteiger partial charge < -0.3 is 10.7 Å². The molecule has 1 atom stereocenters. The number of H-pyrrole nitrogens is 1. The molecule has 2 rings (SSSR count). The Morgan fingerprint density at radius 3 is 3.00 bits per heavy atom. The van der Waals surface area contributed by atoms with Gasteiger partial charge in [0, 0.05) is 23.1 Å². The molecular formula is C11H12N2. The van der Waals surface area contributed by atoms with Crippen molar-refractivity contribution in [3.63, 3.8) is 0 Å². The first-order valence-electron chi connectivity index (χ1n) is 4.27. The lowest BCUT2D eigenvalue weighted by molar-refractivity contribution is 0.925. The van der Waals surface area contributed by atoms with Gasteiger partial charge in [0.1, 0.15) is 0 Å². The summed E-state index contributed by atoms with van der Waals surface area (Å²) in [5.74, 6) is 0. The largest absolute Gasteiger partial charge is 0.361 e. The Morgan fingerprint density at radius 2 is 2.23 bits per heavy atom. The highest BCUT2D eigenvalue weighted by atomic mass is 14.7. The number of fused-ring (bicyclic) bond motifs is 1. The van der Waals surface area contributed by atoms with E-state index in [9.17, 15) is 0 Å². The van der Waals surface area contributed by atoms with Crippen molar-refractivity contribution < 1.29 is 0 Å². The smallest absolute Gasteiger partial charge is 0.0485 e. The van der Waals surface area contributed by atoms with Crippen molar-refractivity contribution >= 4 is 10.9 Å². The normalized spacial score (nSPS) is 13.0. The first kappa shape index (κ1) is 8.08. The molecule has 0 saturated heterocycles. The molecule has 66 valence electrons.